The minimum atomic E-state index is 0.361. The predicted molar refractivity (Wildman–Crippen MR) is 135 cm³/mol. The number of rotatable bonds is 8. The van der Waals surface area contributed by atoms with Crippen LogP contribution in [0, 0.1) is 6.92 Å². The quantitative estimate of drug-likeness (QED) is 0.478. The molecule has 2 fully saturated rings. The average Bonchev–Trinajstić information content (AvgIpc) is 3.38. The fraction of sp³-hybridized carbons (Fsp3) is 0.519. The fourth-order valence-corrected chi connectivity index (χ4v) is 4.78. The maximum atomic E-state index is 5.50. The molecule has 2 aliphatic heterocycles. The lowest BCUT2D eigenvalue weighted by molar-refractivity contribution is 0.0341. The fourth-order valence-electron chi connectivity index (χ4n) is 4.78. The summed E-state index contributed by atoms with van der Waals surface area (Å²) in [5.74, 6) is 0.854. The summed E-state index contributed by atoms with van der Waals surface area (Å²) in [7, 11) is 1.85. The third-order valence-electron chi connectivity index (χ3n) is 6.79. The molecule has 2 saturated heterocycles. The Balaban J connectivity index is 1.35. The Kier molecular flexibility index (Phi) is 8.75. The molecular formula is C27H39N5O. The second kappa shape index (κ2) is 12.2. The zero-order valence-corrected chi connectivity index (χ0v) is 20.2. The van der Waals surface area contributed by atoms with Crippen LogP contribution in [0.1, 0.15) is 41.1 Å². The minimum absolute atomic E-state index is 0.361. The van der Waals surface area contributed by atoms with Gasteiger partial charge in [-0.2, -0.15) is 0 Å². The summed E-state index contributed by atoms with van der Waals surface area (Å²) < 4.78 is 5.50. The molecule has 2 aromatic carbocycles. The van der Waals surface area contributed by atoms with Gasteiger partial charge in [0.2, 0.25) is 0 Å². The van der Waals surface area contributed by atoms with Gasteiger partial charge in [-0.05, 0) is 49.5 Å². The molecule has 1 atom stereocenters. The Bertz CT molecular complexity index is 886. The number of nitrogens with zero attached hydrogens (tertiary/aromatic N) is 3. The van der Waals surface area contributed by atoms with Crippen molar-refractivity contribution in [2.45, 2.75) is 38.9 Å². The highest BCUT2D eigenvalue weighted by Gasteiger charge is 2.23. The standard InChI is InChI=1S/C27H39N5O/c1-22-9-11-23(12-10-22)26(32-13-5-6-14-32)20-30-27(28-2)29-19-24-7-3-4-8-25(24)21-31-15-17-33-18-16-31/h3-4,7-12,26H,5-6,13-21H2,1-2H3,(H2,28,29,30). The third-order valence-corrected chi connectivity index (χ3v) is 6.79. The summed E-state index contributed by atoms with van der Waals surface area (Å²) in [5.41, 5.74) is 5.37. The molecule has 0 saturated carbocycles. The Morgan fingerprint density at radius 3 is 2.33 bits per heavy atom. The van der Waals surface area contributed by atoms with Gasteiger partial charge in [0, 0.05) is 39.8 Å². The van der Waals surface area contributed by atoms with Crippen molar-refractivity contribution in [3.63, 3.8) is 0 Å². The number of aliphatic imine (C=N–C) groups is 1. The van der Waals surface area contributed by atoms with Gasteiger partial charge < -0.3 is 15.4 Å². The summed E-state index contributed by atoms with van der Waals surface area (Å²) >= 11 is 0. The van der Waals surface area contributed by atoms with Gasteiger partial charge in [-0.1, -0.05) is 54.1 Å². The molecule has 0 radical (unpaired) electrons. The summed E-state index contributed by atoms with van der Waals surface area (Å²) in [6.07, 6.45) is 2.57. The number of nitrogens with one attached hydrogen (secondary N) is 2. The highest BCUT2D eigenvalue weighted by atomic mass is 16.5. The number of benzene rings is 2. The second-order valence-corrected chi connectivity index (χ2v) is 9.13. The lowest BCUT2D eigenvalue weighted by Gasteiger charge is -2.29. The number of ether oxygens (including phenoxy) is 1. The lowest BCUT2D eigenvalue weighted by atomic mass is 10.0. The number of hydrogen-bond donors (Lipinski definition) is 2. The molecule has 6 nitrogen and oxygen atoms in total. The van der Waals surface area contributed by atoms with Crippen LogP contribution in [0.15, 0.2) is 53.5 Å². The highest BCUT2D eigenvalue weighted by molar-refractivity contribution is 5.79. The van der Waals surface area contributed by atoms with E-state index in [0.29, 0.717) is 6.04 Å². The van der Waals surface area contributed by atoms with Crippen molar-refractivity contribution in [1.29, 1.82) is 0 Å². The molecule has 2 aliphatic rings. The van der Waals surface area contributed by atoms with E-state index < -0.39 is 0 Å². The number of hydrogen-bond acceptors (Lipinski definition) is 4. The monoisotopic (exact) mass is 449 g/mol. The molecule has 0 aliphatic carbocycles. The van der Waals surface area contributed by atoms with Gasteiger partial charge >= 0.3 is 0 Å². The van der Waals surface area contributed by atoms with Crippen LogP contribution in [0.5, 0.6) is 0 Å². The normalized spacial score (nSPS) is 18.9. The van der Waals surface area contributed by atoms with Crippen molar-refractivity contribution in [2.75, 3.05) is 53.0 Å². The molecule has 33 heavy (non-hydrogen) atoms. The Morgan fingerprint density at radius 2 is 1.64 bits per heavy atom. The minimum Gasteiger partial charge on any atom is -0.379 e. The molecule has 0 aromatic heterocycles. The van der Waals surface area contributed by atoms with Crippen molar-refractivity contribution in [3.05, 3.63) is 70.8 Å². The number of aryl methyl sites for hydroxylation is 1. The van der Waals surface area contributed by atoms with Crippen LogP contribution in [0.4, 0.5) is 0 Å². The van der Waals surface area contributed by atoms with Crippen molar-refractivity contribution < 1.29 is 4.74 Å². The summed E-state index contributed by atoms with van der Waals surface area (Å²) in [4.78, 5) is 9.57. The van der Waals surface area contributed by atoms with Gasteiger partial charge in [-0.15, -0.1) is 0 Å². The molecular weight excluding hydrogens is 410 g/mol. The van der Waals surface area contributed by atoms with E-state index in [9.17, 15) is 0 Å². The van der Waals surface area contributed by atoms with Crippen LogP contribution in [0.3, 0.4) is 0 Å². The molecule has 4 rings (SSSR count). The zero-order chi connectivity index (χ0) is 22.9. The molecule has 178 valence electrons. The van der Waals surface area contributed by atoms with Crippen LogP contribution in [0.2, 0.25) is 0 Å². The van der Waals surface area contributed by atoms with Crippen molar-refractivity contribution in [1.82, 2.24) is 20.4 Å². The maximum absolute atomic E-state index is 5.50. The van der Waals surface area contributed by atoms with E-state index in [1.54, 1.807) is 0 Å². The van der Waals surface area contributed by atoms with Gasteiger partial charge in [0.15, 0.2) is 5.96 Å². The van der Waals surface area contributed by atoms with Gasteiger partial charge in [-0.3, -0.25) is 14.8 Å². The SMILES string of the molecule is CN=C(NCc1ccccc1CN1CCOCC1)NCC(c1ccc(C)cc1)N1CCCC1. The smallest absolute Gasteiger partial charge is 0.191 e. The first kappa shape index (κ1) is 23.7. The topological polar surface area (TPSA) is 52.1 Å². The second-order valence-electron chi connectivity index (χ2n) is 9.13. The van der Waals surface area contributed by atoms with Gasteiger partial charge in [-0.25, -0.2) is 0 Å². The first-order valence-electron chi connectivity index (χ1n) is 12.3. The van der Waals surface area contributed by atoms with E-state index in [0.717, 1.165) is 51.9 Å². The van der Waals surface area contributed by atoms with E-state index in [1.807, 2.05) is 7.05 Å². The summed E-state index contributed by atoms with van der Waals surface area (Å²) in [5, 5.41) is 7.15. The Hall–Kier alpha value is -2.41. The van der Waals surface area contributed by atoms with E-state index in [4.69, 9.17) is 4.74 Å². The number of likely N-dealkylation sites (tertiary alicyclic amines) is 1. The first-order chi connectivity index (χ1) is 16.2. The Labute approximate surface area is 199 Å². The zero-order valence-electron chi connectivity index (χ0n) is 20.2. The Morgan fingerprint density at radius 1 is 0.939 bits per heavy atom. The van der Waals surface area contributed by atoms with E-state index in [1.165, 1.54) is 48.2 Å². The van der Waals surface area contributed by atoms with E-state index in [2.05, 4.69) is 80.9 Å². The highest BCUT2D eigenvalue weighted by Crippen LogP contribution is 2.25. The molecule has 1 unspecified atom stereocenters. The van der Waals surface area contributed by atoms with Crippen molar-refractivity contribution in [2.24, 2.45) is 4.99 Å². The first-order valence-corrected chi connectivity index (χ1v) is 12.3. The van der Waals surface area contributed by atoms with Crippen molar-refractivity contribution in [3.8, 4) is 0 Å². The predicted octanol–water partition coefficient (Wildman–Crippen LogP) is 3.33. The van der Waals surface area contributed by atoms with Gasteiger partial charge in [0.1, 0.15) is 0 Å². The lowest BCUT2D eigenvalue weighted by Crippen LogP contribution is -2.42. The van der Waals surface area contributed by atoms with Crippen LogP contribution in [0.25, 0.3) is 0 Å². The molecule has 6 heteroatoms. The van der Waals surface area contributed by atoms with E-state index >= 15 is 0 Å². The number of guanidine groups is 1. The molecule has 2 N–H and O–H groups in total. The molecule has 2 aromatic rings. The molecule has 2 heterocycles. The summed E-state index contributed by atoms with van der Waals surface area (Å²) in [6.45, 7) is 10.7. The summed E-state index contributed by atoms with van der Waals surface area (Å²) in [6, 6.07) is 18.1. The maximum Gasteiger partial charge on any atom is 0.191 e. The third kappa shape index (κ3) is 6.79. The van der Waals surface area contributed by atoms with Gasteiger partial charge in [0.05, 0.1) is 19.3 Å². The average molecular weight is 450 g/mol. The molecule has 0 spiro atoms. The van der Waals surface area contributed by atoms with Crippen molar-refractivity contribution >= 4 is 5.96 Å². The largest absolute Gasteiger partial charge is 0.379 e. The van der Waals surface area contributed by atoms with Crippen LogP contribution >= 0.6 is 0 Å². The van der Waals surface area contributed by atoms with Crippen LogP contribution in [-0.4, -0.2) is 68.7 Å². The van der Waals surface area contributed by atoms with Crippen LogP contribution in [-0.2, 0) is 17.8 Å². The molecule has 0 bridgehead atoms. The van der Waals surface area contributed by atoms with Gasteiger partial charge in [0.25, 0.3) is 0 Å². The molecule has 0 amide bonds. The number of morpholine rings is 1. The van der Waals surface area contributed by atoms with Crippen LogP contribution < -0.4 is 10.6 Å². The van der Waals surface area contributed by atoms with E-state index in [-0.39, 0.29) is 0 Å².